The Morgan fingerprint density at radius 3 is 1.67 bits per heavy atom. The third-order valence-corrected chi connectivity index (χ3v) is 3.00. The highest BCUT2D eigenvalue weighted by molar-refractivity contribution is 6.33. The second-order valence-electron chi connectivity index (χ2n) is 4.93. The molecule has 6 heteroatoms. The zero-order valence-corrected chi connectivity index (χ0v) is 12.8. The van der Waals surface area contributed by atoms with Crippen LogP contribution in [0.3, 0.4) is 0 Å². The molecule has 0 saturated carbocycles. The molecule has 0 amide bonds. The smallest absolute Gasteiger partial charge is 0.372 e. The number of Topliss-reactive ketones (excluding diaryl/α,β-unsaturated/α-hetero) is 1. The van der Waals surface area contributed by atoms with Crippen molar-refractivity contribution in [2.45, 2.75) is 18.9 Å². The predicted molar refractivity (Wildman–Crippen MR) is 86.6 cm³/mol. The van der Waals surface area contributed by atoms with E-state index in [0.29, 0.717) is 0 Å². The Labute approximate surface area is 139 Å². The van der Waals surface area contributed by atoms with Gasteiger partial charge in [-0.3, -0.25) is 4.79 Å². The molecule has 3 N–H and O–H groups in total. The second kappa shape index (κ2) is 9.91. The van der Waals surface area contributed by atoms with Crippen LogP contribution in [0, 0.1) is 0 Å². The van der Waals surface area contributed by atoms with Gasteiger partial charge < -0.3 is 15.3 Å². The molecule has 2 rings (SSSR count). The molecule has 2 aromatic rings. The van der Waals surface area contributed by atoms with Gasteiger partial charge in [0.1, 0.15) is 0 Å². The van der Waals surface area contributed by atoms with Gasteiger partial charge in [-0.15, -0.1) is 0 Å². The molecule has 0 bridgehead atoms. The number of hydrogen-bond donors (Lipinski definition) is 3. The lowest BCUT2D eigenvalue weighted by molar-refractivity contribution is -0.148. The lowest BCUT2D eigenvalue weighted by Gasteiger charge is -2.03. The first-order valence-electron chi connectivity index (χ1n) is 7.15. The Morgan fingerprint density at radius 1 is 0.792 bits per heavy atom. The van der Waals surface area contributed by atoms with E-state index in [1.54, 1.807) is 36.4 Å². The highest BCUT2D eigenvalue weighted by atomic mass is 16.4. The average Bonchev–Trinajstić information content (AvgIpc) is 2.57. The molecular weight excluding hydrogens is 312 g/mol. The van der Waals surface area contributed by atoms with Crippen LogP contribution in [0.1, 0.15) is 11.1 Å². The summed E-state index contributed by atoms with van der Waals surface area (Å²) in [6.07, 6.45) is -1.17. The highest BCUT2D eigenvalue weighted by Crippen LogP contribution is 2.02. The zero-order chi connectivity index (χ0) is 17.9. The number of aliphatic hydroxyl groups excluding tert-OH is 1. The van der Waals surface area contributed by atoms with Crippen LogP contribution in [-0.4, -0.2) is 39.1 Å². The minimum atomic E-state index is -1.38. The van der Waals surface area contributed by atoms with Crippen molar-refractivity contribution in [3.05, 3.63) is 71.8 Å². The number of benzene rings is 2. The van der Waals surface area contributed by atoms with Crippen LogP contribution in [0.4, 0.5) is 0 Å². The number of ketones is 1. The van der Waals surface area contributed by atoms with Crippen LogP contribution in [0.15, 0.2) is 60.7 Å². The standard InChI is InChI=1S/C9H10O3.C9H8O3/c2*10-8(9(11)12)6-7-4-2-1-3-5-7/h1-5,8,10H,6H2,(H,11,12);1-5H,6H2,(H,11,12)/t8-;/m1./s1. The van der Waals surface area contributed by atoms with Gasteiger partial charge in [-0.2, -0.15) is 0 Å². The van der Waals surface area contributed by atoms with Crippen LogP contribution in [0.25, 0.3) is 0 Å². The Bertz CT molecular complexity index is 666. The van der Waals surface area contributed by atoms with Crippen LogP contribution in [0.5, 0.6) is 0 Å². The molecule has 126 valence electrons. The number of carboxylic acid groups (broad SMARTS) is 2. The fraction of sp³-hybridized carbons (Fsp3) is 0.167. The molecule has 0 aliphatic rings. The van der Waals surface area contributed by atoms with Gasteiger partial charge in [0.25, 0.3) is 0 Å². The zero-order valence-electron chi connectivity index (χ0n) is 12.8. The third kappa shape index (κ3) is 7.33. The van der Waals surface area contributed by atoms with Gasteiger partial charge in [-0.1, -0.05) is 60.7 Å². The van der Waals surface area contributed by atoms with Crippen LogP contribution in [0.2, 0.25) is 0 Å². The summed E-state index contributed by atoms with van der Waals surface area (Å²) in [5.41, 5.74) is 1.55. The van der Waals surface area contributed by atoms with Gasteiger partial charge in [-0.25, -0.2) is 9.59 Å². The van der Waals surface area contributed by atoms with Crippen molar-refractivity contribution in [2.75, 3.05) is 0 Å². The van der Waals surface area contributed by atoms with Crippen LogP contribution >= 0.6 is 0 Å². The number of carbonyl (C=O) groups is 3. The number of aliphatic carboxylic acids is 2. The summed E-state index contributed by atoms with van der Waals surface area (Å²) in [7, 11) is 0. The van der Waals surface area contributed by atoms with Crippen molar-refractivity contribution in [3.8, 4) is 0 Å². The minimum absolute atomic E-state index is 0.0316. The highest BCUT2D eigenvalue weighted by Gasteiger charge is 2.12. The average molecular weight is 330 g/mol. The fourth-order valence-electron chi connectivity index (χ4n) is 1.78. The van der Waals surface area contributed by atoms with Gasteiger partial charge in [0.15, 0.2) is 6.10 Å². The second-order valence-corrected chi connectivity index (χ2v) is 4.93. The van der Waals surface area contributed by atoms with Crippen molar-refractivity contribution < 1.29 is 29.7 Å². The first-order valence-corrected chi connectivity index (χ1v) is 7.15. The van der Waals surface area contributed by atoms with E-state index < -0.39 is 23.8 Å². The van der Waals surface area contributed by atoms with E-state index in [2.05, 4.69) is 0 Å². The molecule has 1 atom stereocenters. The molecule has 0 aliphatic heterocycles. The summed E-state index contributed by atoms with van der Waals surface area (Å²) >= 11 is 0. The molecule has 0 spiro atoms. The van der Waals surface area contributed by atoms with E-state index in [1.165, 1.54) is 0 Å². The van der Waals surface area contributed by atoms with Crippen molar-refractivity contribution in [1.29, 1.82) is 0 Å². The van der Waals surface area contributed by atoms with E-state index in [-0.39, 0.29) is 12.8 Å². The first kappa shape index (κ1) is 19.1. The lowest BCUT2D eigenvalue weighted by Crippen LogP contribution is -2.21. The monoisotopic (exact) mass is 330 g/mol. The summed E-state index contributed by atoms with van der Waals surface area (Å²) in [6.45, 7) is 0. The number of carboxylic acids is 2. The quantitative estimate of drug-likeness (QED) is 0.693. The summed E-state index contributed by atoms with van der Waals surface area (Å²) in [5, 5.41) is 25.7. The first-order chi connectivity index (χ1) is 11.4. The van der Waals surface area contributed by atoms with Gasteiger partial charge in [0.2, 0.25) is 5.78 Å². The SMILES string of the molecule is O=C(O)C(=O)Cc1ccccc1.O=C(O)[C@H](O)Cc1ccccc1. The summed E-state index contributed by atoms with van der Waals surface area (Å²) < 4.78 is 0. The maximum atomic E-state index is 10.7. The van der Waals surface area contributed by atoms with Crippen molar-refractivity contribution in [1.82, 2.24) is 0 Å². The Morgan fingerprint density at radius 2 is 1.25 bits per heavy atom. The molecule has 2 aromatic carbocycles. The van der Waals surface area contributed by atoms with E-state index in [1.807, 2.05) is 24.3 Å². The molecule has 0 heterocycles. The minimum Gasteiger partial charge on any atom is -0.479 e. The molecule has 0 fully saturated rings. The molecule has 24 heavy (non-hydrogen) atoms. The predicted octanol–water partition coefficient (Wildman–Crippen LogP) is 1.56. The van der Waals surface area contributed by atoms with Gasteiger partial charge in [-0.05, 0) is 11.1 Å². The summed E-state index contributed by atoms with van der Waals surface area (Å²) in [5.74, 6) is -3.33. The van der Waals surface area contributed by atoms with E-state index in [9.17, 15) is 14.4 Å². The summed E-state index contributed by atoms with van der Waals surface area (Å²) in [6, 6.07) is 17.8. The molecule has 0 saturated heterocycles. The Hall–Kier alpha value is -2.99. The van der Waals surface area contributed by atoms with E-state index in [0.717, 1.165) is 11.1 Å². The number of hydrogen-bond acceptors (Lipinski definition) is 4. The van der Waals surface area contributed by atoms with Crippen LogP contribution in [-0.2, 0) is 27.2 Å². The van der Waals surface area contributed by atoms with E-state index in [4.69, 9.17) is 15.3 Å². The molecular formula is C18H18O6. The van der Waals surface area contributed by atoms with Crippen molar-refractivity contribution in [3.63, 3.8) is 0 Å². The largest absolute Gasteiger partial charge is 0.479 e. The van der Waals surface area contributed by atoms with Crippen LogP contribution < -0.4 is 0 Å². The molecule has 0 aromatic heterocycles. The van der Waals surface area contributed by atoms with Crippen molar-refractivity contribution in [2.24, 2.45) is 0 Å². The van der Waals surface area contributed by atoms with Gasteiger partial charge >= 0.3 is 11.9 Å². The molecule has 6 nitrogen and oxygen atoms in total. The lowest BCUT2D eigenvalue weighted by atomic mass is 10.1. The van der Waals surface area contributed by atoms with Gasteiger partial charge in [0.05, 0.1) is 0 Å². The molecule has 0 aliphatic carbocycles. The molecule has 0 unspecified atom stereocenters. The van der Waals surface area contributed by atoms with Gasteiger partial charge in [0, 0.05) is 12.8 Å². The maximum Gasteiger partial charge on any atom is 0.372 e. The van der Waals surface area contributed by atoms with E-state index >= 15 is 0 Å². The number of aliphatic hydroxyl groups is 1. The number of carbonyl (C=O) groups excluding carboxylic acids is 1. The van der Waals surface area contributed by atoms with Crippen molar-refractivity contribution >= 4 is 17.7 Å². The normalized spacial score (nSPS) is 10.9. The molecule has 0 radical (unpaired) electrons. The summed E-state index contributed by atoms with van der Waals surface area (Å²) in [4.78, 5) is 31.1. The third-order valence-electron chi connectivity index (χ3n) is 3.00. The fourth-order valence-corrected chi connectivity index (χ4v) is 1.78. The Kier molecular flexibility index (Phi) is 7.87. The number of rotatable bonds is 6. The Balaban J connectivity index is 0.000000240. The topological polar surface area (TPSA) is 112 Å². The maximum absolute atomic E-state index is 10.7.